The first-order chi connectivity index (χ1) is 11.5. The lowest BCUT2D eigenvalue weighted by Gasteiger charge is -2.33. The van der Waals surface area contributed by atoms with Gasteiger partial charge in [-0.15, -0.1) is 0 Å². The van der Waals surface area contributed by atoms with E-state index in [0.717, 1.165) is 13.2 Å². The number of rotatable bonds is 4. The maximum atomic E-state index is 5.50. The molecule has 24 heavy (non-hydrogen) atoms. The molecular weight excluding hydrogens is 318 g/mol. The van der Waals surface area contributed by atoms with Crippen LogP contribution in [0.15, 0.2) is 46.2 Å². The van der Waals surface area contributed by atoms with E-state index in [2.05, 4.69) is 79.3 Å². The van der Waals surface area contributed by atoms with E-state index in [-0.39, 0.29) is 0 Å². The van der Waals surface area contributed by atoms with Crippen molar-refractivity contribution in [3.8, 4) is 0 Å². The molecule has 0 aliphatic carbocycles. The molecule has 2 aliphatic heterocycles. The number of anilines is 4. The lowest BCUT2D eigenvalue weighted by molar-refractivity contribution is 0.411. The lowest BCUT2D eigenvalue weighted by Crippen LogP contribution is -2.25. The molecule has 4 nitrogen and oxygen atoms in total. The van der Waals surface area contributed by atoms with Crippen LogP contribution in [0, 0.1) is 0 Å². The van der Waals surface area contributed by atoms with E-state index in [1.165, 1.54) is 32.5 Å². The van der Waals surface area contributed by atoms with Crippen molar-refractivity contribution >= 4 is 34.5 Å². The Morgan fingerprint density at radius 3 is 1.88 bits per heavy atom. The summed E-state index contributed by atoms with van der Waals surface area (Å²) in [5.74, 6) is 0. The van der Waals surface area contributed by atoms with Gasteiger partial charge in [0.2, 0.25) is 0 Å². The minimum Gasteiger partial charge on any atom is -0.378 e. The second kappa shape index (κ2) is 5.90. The molecule has 0 amide bonds. The number of hydrogen-bond donors (Lipinski definition) is 0. The predicted molar refractivity (Wildman–Crippen MR) is 102 cm³/mol. The van der Waals surface area contributed by atoms with Crippen LogP contribution in [0.1, 0.15) is 0 Å². The maximum Gasteiger partial charge on any atom is 0.0988 e. The van der Waals surface area contributed by atoms with Gasteiger partial charge in [-0.2, -0.15) is 0 Å². The first kappa shape index (κ1) is 15.7. The van der Waals surface area contributed by atoms with Crippen LogP contribution >= 0.6 is 11.8 Å². The number of ether oxygens (including phenoxy) is 1. The van der Waals surface area contributed by atoms with Crippen LogP contribution in [0.2, 0.25) is 0 Å². The van der Waals surface area contributed by atoms with E-state index in [4.69, 9.17) is 4.74 Å². The van der Waals surface area contributed by atoms with Gasteiger partial charge in [0.05, 0.1) is 30.6 Å². The molecule has 5 heteroatoms. The maximum absolute atomic E-state index is 5.50. The third-order valence-corrected chi connectivity index (χ3v) is 5.60. The topological polar surface area (TPSA) is 22.2 Å². The zero-order valence-corrected chi connectivity index (χ0v) is 15.4. The van der Waals surface area contributed by atoms with Crippen molar-refractivity contribution in [3.63, 3.8) is 0 Å². The van der Waals surface area contributed by atoms with E-state index < -0.39 is 0 Å². The van der Waals surface area contributed by atoms with Gasteiger partial charge in [0.1, 0.15) is 0 Å². The predicted octanol–water partition coefficient (Wildman–Crippen LogP) is 3.82. The van der Waals surface area contributed by atoms with Crippen molar-refractivity contribution < 1.29 is 4.74 Å². The molecule has 1 atom stereocenters. The van der Waals surface area contributed by atoms with Crippen molar-refractivity contribution in [2.24, 2.45) is 0 Å². The molecule has 126 valence electrons. The molecule has 0 radical (unpaired) electrons. The van der Waals surface area contributed by atoms with E-state index in [0.29, 0.717) is 6.10 Å². The lowest BCUT2D eigenvalue weighted by atomic mass is 10.2. The van der Waals surface area contributed by atoms with Crippen LogP contribution in [0.3, 0.4) is 0 Å². The van der Waals surface area contributed by atoms with Gasteiger partial charge in [0.15, 0.2) is 0 Å². The second-order valence-electron chi connectivity index (χ2n) is 6.76. The fourth-order valence-electron chi connectivity index (χ4n) is 2.99. The van der Waals surface area contributed by atoms with Gasteiger partial charge in [-0.05, 0) is 36.4 Å². The Balaban J connectivity index is 1.79. The Morgan fingerprint density at radius 1 is 0.958 bits per heavy atom. The summed E-state index contributed by atoms with van der Waals surface area (Å²) < 4.78 is 5.50. The molecule has 2 heterocycles. The number of benzene rings is 2. The van der Waals surface area contributed by atoms with E-state index in [1.54, 1.807) is 0 Å². The van der Waals surface area contributed by atoms with Crippen molar-refractivity contribution in [2.45, 2.75) is 15.9 Å². The minimum atomic E-state index is 0.357. The molecule has 1 unspecified atom stereocenters. The normalized spacial score (nSPS) is 18.0. The molecule has 2 aromatic rings. The monoisotopic (exact) mass is 341 g/mol. The van der Waals surface area contributed by atoms with E-state index in [9.17, 15) is 0 Å². The van der Waals surface area contributed by atoms with Crippen molar-refractivity contribution in [1.29, 1.82) is 0 Å². The Hall–Kier alpha value is -1.85. The Bertz CT molecular complexity index is 714. The van der Waals surface area contributed by atoms with Gasteiger partial charge in [-0.25, -0.2) is 0 Å². The molecule has 0 saturated carbocycles. The van der Waals surface area contributed by atoms with Crippen LogP contribution in [-0.4, -0.2) is 47.4 Å². The summed E-state index contributed by atoms with van der Waals surface area (Å²) in [6, 6.07) is 13.4. The first-order valence-corrected chi connectivity index (χ1v) is 9.04. The van der Waals surface area contributed by atoms with E-state index >= 15 is 0 Å². The van der Waals surface area contributed by atoms with Crippen LogP contribution in [0.4, 0.5) is 22.7 Å². The van der Waals surface area contributed by atoms with Crippen molar-refractivity contribution in [3.05, 3.63) is 36.4 Å². The zero-order valence-electron chi connectivity index (χ0n) is 14.6. The molecule has 0 spiro atoms. The van der Waals surface area contributed by atoms with Gasteiger partial charge in [0, 0.05) is 49.4 Å². The molecule has 4 rings (SSSR count). The third-order valence-electron chi connectivity index (χ3n) is 4.51. The van der Waals surface area contributed by atoms with Gasteiger partial charge in [-0.1, -0.05) is 11.8 Å². The molecule has 2 aromatic carbocycles. The summed E-state index contributed by atoms with van der Waals surface area (Å²) in [7, 11) is 8.35. The molecular formula is C19H23N3OS. The van der Waals surface area contributed by atoms with Crippen LogP contribution < -0.4 is 14.7 Å². The molecule has 2 aliphatic rings. The summed E-state index contributed by atoms with van der Waals surface area (Å²) >= 11 is 1.86. The number of nitrogens with zero attached hydrogens (tertiary/aromatic N) is 3. The molecule has 0 bridgehead atoms. The van der Waals surface area contributed by atoms with Gasteiger partial charge in [0.25, 0.3) is 0 Å². The van der Waals surface area contributed by atoms with Gasteiger partial charge in [-0.3, -0.25) is 0 Å². The van der Waals surface area contributed by atoms with Crippen LogP contribution in [0.5, 0.6) is 0 Å². The largest absolute Gasteiger partial charge is 0.378 e. The number of fused-ring (bicyclic) bond motifs is 2. The number of epoxide rings is 1. The highest BCUT2D eigenvalue weighted by molar-refractivity contribution is 7.99. The Labute approximate surface area is 148 Å². The standard InChI is InChI=1S/C19H23N3OS/c1-20(2)13-5-7-16-18(9-13)24-19-10-14(21(3)4)6-8-17(19)22(16)11-15-12-23-15/h5-10,15H,11-12H2,1-4H3. The highest BCUT2D eigenvalue weighted by Gasteiger charge is 2.31. The molecule has 0 aromatic heterocycles. The summed E-state index contributed by atoms with van der Waals surface area (Å²) in [5, 5.41) is 0. The summed E-state index contributed by atoms with van der Waals surface area (Å²) in [4.78, 5) is 9.34. The van der Waals surface area contributed by atoms with Gasteiger partial charge < -0.3 is 19.4 Å². The van der Waals surface area contributed by atoms with Crippen LogP contribution in [-0.2, 0) is 4.74 Å². The Morgan fingerprint density at radius 2 is 1.46 bits per heavy atom. The third kappa shape index (κ3) is 2.82. The quantitative estimate of drug-likeness (QED) is 0.786. The highest BCUT2D eigenvalue weighted by Crippen LogP contribution is 2.50. The fraction of sp³-hybridized carbons (Fsp3) is 0.368. The summed E-state index contributed by atoms with van der Waals surface area (Å²) in [5.41, 5.74) is 5.03. The van der Waals surface area contributed by atoms with Crippen molar-refractivity contribution in [1.82, 2.24) is 0 Å². The van der Waals surface area contributed by atoms with Crippen LogP contribution in [0.25, 0.3) is 0 Å². The molecule has 1 saturated heterocycles. The first-order valence-electron chi connectivity index (χ1n) is 8.22. The zero-order chi connectivity index (χ0) is 16.8. The average molecular weight is 341 g/mol. The minimum absolute atomic E-state index is 0.357. The Kier molecular flexibility index (Phi) is 3.85. The smallest absolute Gasteiger partial charge is 0.0988 e. The summed E-state index contributed by atoms with van der Waals surface area (Å²) in [6.07, 6.45) is 0.357. The van der Waals surface area contributed by atoms with Gasteiger partial charge >= 0.3 is 0 Å². The molecule has 1 fully saturated rings. The number of hydrogen-bond acceptors (Lipinski definition) is 5. The SMILES string of the molecule is CN(C)c1ccc2c(c1)Sc1cc(N(C)C)ccc1N2CC1CO1. The summed E-state index contributed by atoms with van der Waals surface area (Å²) in [6.45, 7) is 1.79. The highest BCUT2D eigenvalue weighted by atomic mass is 32.2. The van der Waals surface area contributed by atoms with E-state index in [1.807, 2.05) is 11.8 Å². The molecule has 0 N–H and O–H groups in total. The second-order valence-corrected chi connectivity index (χ2v) is 7.84. The average Bonchev–Trinajstić information content (AvgIpc) is 3.37. The van der Waals surface area contributed by atoms with Crippen molar-refractivity contribution in [2.75, 3.05) is 56.0 Å². The fourth-order valence-corrected chi connectivity index (χ4v) is 4.16.